The molecule has 30 heavy (non-hydrogen) atoms. The van der Waals surface area contributed by atoms with E-state index < -0.39 is 0 Å². The van der Waals surface area contributed by atoms with E-state index in [1.165, 1.54) is 11.1 Å². The van der Waals surface area contributed by atoms with Gasteiger partial charge in [-0.1, -0.05) is 18.2 Å². The second-order valence-corrected chi connectivity index (χ2v) is 7.25. The summed E-state index contributed by atoms with van der Waals surface area (Å²) in [4.78, 5) is 17.9. The first-order valence-electron chi connectivity index (χ1n) is 9.85. The van der Waals surface area contributed by atoms with Crippen molar-refractivity contribution >= 4 is 35.8 Å². The molecule has 0 bridgehead atoms. The van der Waals surface area contributed by atoms with E-state index in [9.17, 15) is 4.79 Å². The van der Waals surface area contributed by atoms with Crippen LogP contribution in [0.15, 0.2) is 47.5 Å². The molecule has 2 rings (SSSR count). The molecule has 0 fully saturated rings. The molecule has 0 aliphatic heterocycles. The van der Waals surface area contributed by atoms with Crippen LogP contribution in [0.4, 0.5) is 0 Å². The average molecular weight is 524 g/mol. The summed E-state index contributed by atoms with van der Waals surface area (Å²) in [6.45, 7) is 6.06. The summed E-state index contributed by atoms with van der Waals surface area (Å²) in [6.07, 6.45) is 0.800. The second kappa shape index (κ2) is 13.1. The Labute approximate surface area is 197 Å². The van der Waals surface area contributed by atoms with Gasteiger partial charge in [0.25, 0.3) is 5.91 Å². The van der Waals surface area contributed by atoms with Crippen molar-refractivity contribution in [1.82, 2.24) is 15.5 Å². The number of carbonyl (C=O) groups is 1. The van der Waals surface area contributed by atoms with Gasteiger partial charge in [-0.3, -0.25) is 9.79 Å². The fraction of sp³-hybridized carbons (Fsp3) is 0.391. The zero-order valence-electron chi connectivity index (χ0n) is 18.5. The Morgan fingerprint density at radius 2 is 1.70 bits per heavy atom. The van der Waals surface area contributed by atoms with Crippen molar-refractivity contribution in [2.45, 2.75) is 20.3 Å². The molecule has 0 aliphatic carbocycles. The lowest BCUT2D eigenvalue weighted by atomic mass is 10.1. The summed E-state index contributed by atoms with van der Waals surface area (Å²) >= 11 is 0. The number of aryl methyl sites for hydroxylation is 2. The monoisotopic (exact) mass is 524 g/mol. The van der Waals surface area contributed by atoms with Crippen molar-refractivity contribution in [3.8, 4) is 5.75 Å². The van der Waals surface area contributed by atoms with Crippen LogP contribution in [0.2, 0.25) is 0 Å². The topological polar surface area (TPSA) is 66.0 Å². The number of ether oxygens (including phenoxy) is 1. The van der Waals surface area contributed by atoms with Crippen molar-refractivity contribution in [1.29, 1.82) is 0 Å². The van der Waals surface area contributed by atoms with Gasteiger partial charge in [-0.05, 0) is 61.2 Å². The highest BCUT2D eigenvalue weighted by molar-refractivity contribution is 14.0. The maximum absolute atomic E-state index is 12.1. The second-order valence-electron chi connectivity index (χ2n) is 7.25. The maximum Gasteiger partial charge on any atom is 0.253 e. The zero-order valence-corrected chi connectivity index (χ0v) is 20.8. The molecule has 1 amide bonds. The Bertz CT molecular complexity index is 833. The Morgan fingerprint density at radius 1 is 1.03 bits per heavy atom. The maximum atomic E-state index is 12.1. The number of nitrogens with one attached hydrogen (secondary N) is 2. The highest BCUT2D eigenvalue weighted by Crippen LogP contribution is 2.15. The van der Waals surface area contributed by atoms with Gasteiger partial charge in [0, 0.05) is 33.3 Å². The molecule has 0 unspecified atom stereocenters. The Morgan fingerprint density at radius 3 is 2.33 bits per heavy atom. The highest BCUT2D eigenvalue weighted by atomic mass is 127. The van der Waals surface area contributed by atoms with E-state index in [1.54, 1.807) is 26.0 Å². The van der Waals surface area contributed by atoms with Gasteiger partial charge >= 0.3 is 0 Å². The summed E-state index contributed by atoms with van der Waals surface area (Å²) < 4.78 is 5.81. The first kappa shape index (κ1) is 25.7. The molecule has 0 aliphatic rings. The standard InChI is InChI=1S/C23H32N4O2.HI/c1-17-13-18(2)15-21(14-17)29-12-11-26-23(24-3)25-10-9-19-7-6-8-20(16-19)22(28)27(4)5;/h6-8,13-16H,9-12H2,1-5H3,(H2,24,25,26);1H. The molecule has 7 heteroatoms. The van der Waals surface area contributed by atoms with E-state index in [4.69, 9.17) is 4.74 Å². The highest BCUT2D eigenvalue weighted by Gasteiger charge is 2.08. The minimum Gasteiger partial charge on any atom is -0.492 e. The number of nitrogens with zero attached hydrogens (tertiary/aromatic N) is 2. The third kappa shape index (κ3) is 8.61. The molecule has 2 aromatic rings. The smallest absolute Gasteiger partial charge is 0.253 e. The van der Waals surface area contributed by atoms with Gasteiger partial charge in [-0.15, -0.1) is 24.0 Å². The lowest BCUT2D eigenvalue weighted by molar-refractivity contribution is 0.0827. The summed E-state index contributed by atoms with van der Waals surface area (Å²) in [5.74, 6) is 1.63. The Hall–Kier alpha value is -2.29. The van der Waals surface area contributed by atoms with E-state index in [-0.39, 0.29) is 29.9 Å². The number of hydrogen-bond acceptors (Lipinski definition) is 3. The quantitative estimate of drug-likeness (QED) is 0.241. The molecule has 0 saturated carbocycles. The van der Waals surface area contributed by atoms with Crippen LogP contribution in [-0.2, 0) is 6.42 Å². The third-order valence-corrected chi connectivity index (χ3v) is 4.37. The molecule has 164 valence electrons. The van der Waals surface area contributed by atoms with E-state index in [2.05, 4.69) is 35.5 Å². The van der Waals surface area contributed by atoms with Crippen LogP contribution >= 0.6 is 24.0 Å². The molecule has 0 saturated heterocycles. The largest absolute Gasteiger partial charge is 0.492 e. The molecule has 0 atom stereocenters. The van der Waals surface area contributed by atoms with Crippen molar-refractivity contribution in [3.63, 3.8) is 0 Å². The van der Waals surface area contributed by atoms with E-state index in [1.807, 2.05) is 36.4 Å². The van der Waals surface area contributed by atoms with Crippen LogP contribution in [0.25, 0.3) is 0 Å². The Balaban J connectivity index is 0.00000450. The molecule has 0 heterocycles. The molecule has 2 aromatic carbocycles. The number of aliphatic imine (C=N–C) groups is 1. The number of halogens is 1. The third-order valence-electron chi connectivity index (χ3n) is 4.37. The van der Waals surface area contributed by atoms with Gasteiger partial charge in [-0.2, -0.15) is 0 Å². The number of guanidine groups is 1. The average Bonchev–Trinajstić information content (AvgIpc) is 2.68. The van der Waals surface area contributed by atoms with Gasteiger partial charge in [0.1, 0.15) is 12.4 Å². The minimum atomic E-state index is 0. The van der Waals surface area contributed by atoms with Crippen molar-refractivity contribution < 1.29 is 9.53 Å². The van der Waals surface area contributed by atoms with Crippen LogP contribution in [0.5, 0.6) is 5.75 Å². The minimum absolute atomic E-state index is 0. The summed E-state index contributed by atoms with van der Waals surface area (Å²) in [5.41, 5.74) is 4.21. The molecular formula is C23H33IN4O2. The van der Waals surface area contributed by atoms with Gasteiger partial charge < -0.3 is 20.3 Å². The number of rotatable bonds is 8. The Kier molecular flexibility index (Phi) is 11.2. The number of carbonyl (C=O) groups excluding carboxylic acids is 1. The first-order valence-corrected chi connectivity index (χ1v) is 9.85. The normalized spacial score (nSPS) is 10.8. The van der Waals surface area contributed by atoms with Gasteiger partial charge in [0.2, 0.25) is 0 Å². The molecule has 0 spiro atoms. The van der Waals surface area contributed by atoms with Crippen molar-refractivity contribution in [2.24, 2.45) is 4.99 Å². The van der Waals surface area contributed by atoms with Crippen molar-refractivity contribution in [2.75, 3.05) is 40.8 Å². The number of hydrogen-bond donors (Lipinski definition) is 2. The number of benzene rings is 2. The van der Waals surface area contributed by atoms with Crippen LogP contribution in [0.3, 0.4) is 0 Å². The van der Waals surface area contributed by atoms with Crippen LogP contribution in [0, 0.1) is 13.8 Å². The SMILES string of the molecule is CN=C(NCCOc1cc(C)cc(C)c1)NCCc1cccc(C(=O)N(C)C)c1.I. The molecule has 2 N–H and O–H groups in total. The lowest BCUT2D eigenvalue weighted by Gasteiger charge is -2.14. The zero-order chi connectivity index (χ0) is 21.2. The number of amides is 1. The lowest BCUT2D eigenvalue weighted by Crippen LogP contribution is -2.40. The predicted molar refractivity (Wildman–Crippen MR) is 134 cm³/mol. The molecule has 0 aromatic heterocycles. The van der Waals surface area contributed by atoms with Crippen molar-refractivity contribution in [3.05, 3.63) is 64.7 Å². The first-order chi connectivity index (χ1) is 13.9. The van der Waals surface area contributed by atoms with E-state index in [0.717, 1.165) is 30.2 Å². The van der Waals surface area contributed by atoms with Gasteiger partial charge in [0.05, 0.1) is 6.54 Å². The summed E-state index contributed by atoms with van der Waals surface area (Å²) in [7, 11) is 5.27. The van der Waals surface area contributed by atoms with E-state index in [0.29, 0.717) is 18.7 Å². The van der Waals surface area contributed by atoms with Crippen LogP contribution in [0.1, 0.15) is 27.0 Å². The van der Waals surface area contributed by atoms with Gasteiger partial charge in [-0.25, -0.2) is 0 Å². The van der Waals surface area contributed by atoms with E-state index >= 15 is 0 Å². The molecule has 0 radical (unpaired) electrons. The fourth-order valence-electron chi connectivity index (χ4n) is 3.02. The van der Waals surface area contributed by atoms with Gasteiger partial charge in [0.15, 0.2) is 5.96 Å². The molecule has 6 nitrogen and oxygen atoms in total. The molecular weight excluding hydrogens is 491 g/mol. The van der Waals surface area contributed by atoms with Crippen LogP contribution in [-0.4, -0.2) is 57.6 Å². The van der Waals surface area contributed by atoms with Crippen LogP contribution < -0.4 is 15.4 Å². The summed E-state index contributed by atoms with van der Waals surface area (Å²) in [6, 6.07) is 13.9. The predicted octanol–water partition coefficient (Wildman–Crippen LogP) is 3.41. The fourth-order valence-corrected chi connectivity index (χ4v) is 3.02. The summed E-state index contributed by atoms with van der Waals surface area (Å²) in [5, 5.41) is 6.55.